The molecule has 1 amide bonds. The molecule has 0 saturated heterocycles. The number of rotatable bonds is 3. The lowest BCUT2D eigenvalue weighted by atomic mass is 9.91. The molecule has 18 heavy (non-hydrogen) atoms. The number of carbonyl (C=O) groups is 1. The van der Waals surface area contributed by atoms with E-state index in [1.807, 2.05) is 18.2 Å². The molecule has 0 radical (unpaired) electrons. The zero-order valence-electron chi connectivity index (χ0n) is 10.4. The van der Waals surface area contributed by atoms with E-state index in [4.69, 9.17) is 17.3 Å². The number of nitrogens with one attached hydrogen (secondary N) is 1. The maximum atomic E-state index is 12.0. The van der Waals surface area contributed by atoms with Crippen LogP contribution in [0.5, 0.6) is 0 Å². The van der Waals surface area contributed by atoms with Gasteiger partial charge in [-0.05, 0) is 24.5 Å². The molecular weight excluding hydrogens is 248 g/mol. The molecule has 3 nitrogen and oxygen atoms in total. The molecule has 2 unspecified atom stereocenters. The van der Waals surface area contributed by atoms with Gasteiger partial charge in [-0.2, -0.15) is 0 Å². The lowest BCUT2D eigenvalue weighted by Crippen LogP contribution is -2.49. The zero-order valence-corrected chi connectivity index (χ0v) is 11.1. The van der Waals surface area contributed by atoms with Gasteiger partial charge in [0, 0.05) is 17.1 Å². The third kappa shape index (κ3) is 3.47. The van der Waals surface area contributed by atoms with Crippen molar-refractivity contribution < 1.29 is 4.79 Å². The molecule has 1 aromatic carbocycles. The third-order valence-electron chi connectivity index (χ3n) is 3.47. The van der Waals surface area contributed by atoms with E-state index in [0.717, 1.165) is 31.2 Å². The van der Waals surface area contributed by atoms with Gasteiger partial charge in [-0.15, -0.1) is 0 Å². The summed E-state index contributed by atoms with van der Waals surface area (Å²) in [6.45, 7) is 0. The summed E-state index contributed by atoms with van der Waals surface area (Å²) in [7, 11) is 0. The first-order valence-corrected chi connectivity index (χ1v) is 6.83. The molecule has 3 N–H and O–H groups in total. The minimum atomic E-state index is 0.00505. The van der Waals surface area contributed by atoms with Crippen LogP contribution in [0.4, 0.5) is 0 Å². The monoisotopic (exact) mass is 266 g/mol. The fourth-order valence-electron chi connectivity index (χ4n) is 2.41. The van der Waals surface area contributed by atoms with E-state index in [1.54, 1.807) is 6.07 Å². The zero-order chi connectivity index (χ0) is 13.0. The number of hydrogen-bond acceptors (Lipinski definition) is 2. The Balaban J connectivity index is 1.90. The highest BCUT2D eigenvalue weighted by atomic mass is 35.5. The number of nitrogens with two attached hydrogens (primary N) is 1. The SMILES string of the molecule is NC1CCCCC1NC(=O)Cc1ccccc1Cl. The molecule has 98 valence electrons. The third-order valence-corrected chi connectivity index (χ3v) is 3.84. The summed E-state index contributed by atoms with van der Waals surface area (Å²) in [4.78, 5) is 12.0. The van der Waals surface area contributed by atoms with Crippen molar-refractivity contribution in [3.05, 3.63) is 34.9 Å². The number of carbonyl (C=O) groups excluding carboxylic acids is 1. The summed E-state index contributed by atoms with van der Waals surface area (Å²) in [5.74, 6) is 0.00505. The van der Waals surface area contributed by atoms with E-state index in [9.17, 15) is 4.79 Å². The van der Waals surface area contributed by atoms with Gasteiger partial charge in [-0.25, -0.2) is 0 Å². The average molecular weight is 267 g/mol. The lowest BCUT2D eigenvalue weighted by molar-refractivity contribution is -0.121. The molecule has 0 bridgehead atoms. The molecule has 1 aromatic rings. The van der Waals surface area contributed by atoms with Crippen LogP contribution < -0.4 is 11.1 Å². The first-order chi connectivity index (χ1) is 8.66. The fourth-order valence-corrected chi connectivity index (χ4v) is 2.61. The summed E-state index contributed by atoms with van der Waals surface area (Å²) in [5.41, 5.74) is 6.87. The van der Waals surface area contributed by atoms with E-state index in [2.05, 4.69) is 5.32 Å². The lowest BCUT2D eigenvalue weighted by Gasteiger charge is -2.29. The number of amides is 1. The molecule has 2 rings (SSSR count). The molecule has 1 aliphatic carbocycles. The highest BCUT2D eigenvalue weighted by Crippen LogP contribution is 2.18. The second-order valence-electron chi connectivity index (χ2n) is 4.89. The average Bonchev–Trinajstić information content (AvgIpc) is 2.35. The molecule has 1 fully saturated rings. The van der Waals surface area contributed by atoms with Gasteiger partial charge < -0.3 is 11.1 Å². The largest absolute Gasteiger partial charge is 0.352 e. The van der Waals surface area contributed by atoms with E-state index < -0.39 is 0 Å². The fraction of sp³-hybridized carbons (Fsp3) is 0.500. The second-order valence-corrected chi connectivity index (χ2v) is 5.30. The Labute approximate surface area is 113 Å². The summed E-state index contributed by atoms with van der Waals surface area (Å²) in [6, 6.07) is 7.64. The molecule has 4 heteroatoms. The van der Waals surface area contributed by atoms with Crippen molar-refractivity contribution in [2.45, 2.75) is 44.2 Å². The van der Waals surface area contributed by atoms with Crippen LogP contribution >= 0.6 is 11.6 Å². The van der Waals surface area contributed by atoms with Gasteiger partial charge in [0.15, 0.2) is 0 Å². The van der Waals surface area contributed by atoms with Gasteiger partial charge >= 0.3 is 0 Å². The smallest absolute Gasteiger partial charge is 0.224 e. The van der Waals surface area contributed by atoms with Crippen LogP contribution in [-0.4, -0.2) is 18.0 Å². The molecular formula is C14H19ClN2O. The normalized spacial score (nSPS) is 23.7. The highest BCUT2D eigenvalue weighted by molar-refractivity contribution is 6.31. The van der Waals surface area contributed by atoms with Crippen molar-refractivity contribution in [1.29, 1.82) is 0 Å². The molecule has 2 atom stereocenters. The van der Waals surface area contributed by atoms with Crippen molar-refractivity contribution in [3.8, 4) is 0 Å². The maximum Gasteiger partial charge on any atom is 0.224 e. The Bertz CT molecular complexity index is 422. The predicted octanol–water partition coefficient (Wildman–Crippen LogP) is 2.27. The Morgan fingerprint density at radius 1 is 1.33 bits per heavy atom. The van der Waals surface area contributed by atoms with Crippen molar-refractivity contribution in [2.75, 3.05) is 0 Å². The van der Waals surface area contributed by atoms with Crippen molar-refractivity contribution in [2.24, 2.45) is 5.73 Å². The molecule has 0 aromatic heterocycles. The molecule has 0 aliphatic heterocycles. The Morgan fingerprint density at radius 3 is 2.78 bits per heavy atom. The quantitative estimate of drug-likeness (QED) is 0.882. The Morgan fingerprint density at radius 2 is 2.06 bits per heavy atom. The first kappa shape index (κ1) is 13.4. The van der Waals surface area contributed by atoms with Crippen molar-refractivity contribution in [1.82, 2.24) is 5.32 Å². The summed E-state index contributed by atoms with van der Waals surface area (Å²) in [5, 5.41) is 3.66. The Kier molecular flexibility index (Phi) is 4.61. The van der Waals surface area contributed by atoms with Gasteiger partial charge in [0.05, 0.1) is 6.42 Å². The molecule has 0 spiro atoms. The van der Waals surface area contributed by atoms with E-state index in [1.165, 1.54) is 0 Å². The van der Waals surface area contributed by atoms with Gasteiger partial charge in [-0.3, -0.25) is 4.79 Å². The Hall–Kier alpha value is -1.06. The van der Waals surface area contributed by atoms with Crippen molar-refractivity contribution >= 4 is 17.5 Å². The van der Waals surface area contributed by atoms with Crippen LogP contribution in [0.25, 0.3) is 0 Å². The van der Waals surface area contributed by atoms with Crippen LogP contribution in [0.15, 0.2) is 24.3 Å². The van der Waals surface area contributed by atoms with Gasteiger partial charge in [0.1, 0.15) is 0 Å². The number of halogens is 1. The molecule has 1 saturated carbocycles. The van der Waals surface area contributed by atoms with Crippen LogP contribution in [0.1, 0.15) is 31.2 Å². The minimum Gasteiger partial charge on any atom is -0.352 e. The second kappa shape index (κ2) is 6.21. The van der Waals surface area contributed by atoms with Gasteiger partial charge in [0.25, 0.3) is 0 Å². The maximum absolute atomic E-state index is 12.0. The van der Waals surface area contributed by atoms with Gasteiger partial charge in [0.2, 0.25) is 5.91 Å². The molecule has 1 aliphatic rings. The summed E-state index contributed by atoms with van der Waals surface area (Å²) >= 11 is 6.04. The van der Waals surface area contributed by atoms with E-state index >= 15 is 0 Å². The van der Waals surface area contributed by atoms with Crippen molar-refractivity contribution in [3.63, 3.8) is 0 Å². The molecule has 0 heterocycles. The van der Waals surface area contributed by atoms with E-state index in [-0.39, 0.29) is 18.0 Å². The topological polar surface area (TPSA) is 55.1 Å². The standard InChI is InChI=1S/C14H19ClN2O/c15-11-6-2-1-5-10(11)9-14(18)17-13-8-4-3-7-12(13)16/h1-2,5-6,12-13H,3-4,7-9,16H2,(H,17,18). The van der Waals surface area contributed by atoms with Crippen LogP contribution in [-0.2, 0) is 11.2 Å². The van der Waals surface area contributed by atoms with Crippen LogP contribution in [0.2, 0.25) is 5.02 Å². The highest BCUT2D eigenvalue weighted by Gasteiger charge is 2.23. The summed E-state index contributed by atoms with van der Waals surface area (Å²) in [6.07, 6.45) is 4.61. The van der Waals surface area contributed by atoms with Crippen LogP contribution in [0, 0.1) is 0 Å². The number of hydrogen-bond donors (Lipinski definition) is 2. The first-order valence-electron chi connectivity index (χ1n) is 6.45. The minimum absolute atomic E-state index is 0.00505. The number of benzene rings is 1. The van der Waals surface area contributed by atoms with Gasteiger partial charge in [-0.1, -0.05) is 42.6 Å². The predicted molar refractivity (Wildman–Crippen MR) is 73.5 cm³/mol. The summed E-state index contributed by atoms with van der Waals surface area (Å²) < 4.78 is 0. The van der Waals surface area contributed by atoms with E-state index in [0.29, 0.717) is 11.4 Å². The van der Waals surface area contributed by atoms with Crippen LogP contribution in [0.3, 0.4) is 0 Å².